The topological polar surface area (TPSA) is 84.2 Å². The number of carboxylic acid groups (broad SMARTS) is 1. The lowest BCUT2D eigenvalue weighted by atomic mass is 10.1. The standard InChI is InChI=1S/C16H16F3N3O3/c1-9-13(10(2)22(21-9)8-16(17,18)19)7-14(23)20-12-5-3-11(4-6-12)15(24)25/h3-6H,7-8H2,1-2H3,(H,20,23)(H,24,25). The fourth-order valence-corrected chi connectivity index (χ4v) is 2.38. The van der Waals surface area contributed by atoms with Crippen LogP contribution in [0.15, 0.2) is 24.3 Å². The molecule has 1 amide bonds. The highest BCUT2D eigenvalue weighted by molar-refractivity contribution is 5.93. The Morgan fingerprint density at radius 1 is 1.20 bits per heavy atom. The lowest BCUT2D eigenvalue weighted by molar-refractivity contribution is -0.143. The number of nitrogens with zero attached hydrogens (tertiary/aromatic N) is 2. The Labute approximate surface area is 141 Å². The molecule has 2 rings (SSSR count). The molecule has 0 radical (unpaired) electrons. The highest BCUT2D eigenvalue weighted by atomic mass is 19.4. The molecule has 134 valence electrons. The zero-order valence-electron chi connectivity index (χ0n) is 13.5. The Morgan fingerprint density at radius 3 is 2.32 bits per heavy atom. The third-order valence-electron chi connectivity index (χ3n) is 3.61. The summed E-state index contributed by atoms with van der Waals surface area (Å²) in [7, 11) is 0. The van der Waals surface area contributed by atoms with E-state index in [4.69, 9.17) is 5.11 Å². The van der Waals surface area contributed by atoms with Crippen LogP contribution in [-0.2, 0) is 17.8 Å². The first-order chi connectivity index (χ1) is 11.6. The molecule has 0 aliphatic rings. The Morgan fingerprint density at radius 2 is 1.80 bits per heavy atom. The van der Waals surface area contributed by atoms with Crippen LogP contribution in [0.3, 0.4) is 0 Å². The minimum atomic E-state index is -4.39. The van der Waals surface area contributed by atoms with Crippen molar-refractivity contribution in [3.63, 3.8) is 0 Å². The van der Waals surface area contributed by atoms with Crippen molar-refractivity contribution in [2.45, 2.75) is 33.0 Å². The second-order valence-corrected chi connectivity index (χ2v) is 5.53. The van der Waals surface area contributed by atoms with Crippen molar-refractivity contribution in [3.8, 4) is 0 Å². The zero-order chi connectivity index (χ0) is 18.8. The second kappa shape index (κ2) is 6.96. The number of alkyl halides is 3. The fourth-order valence-electron chi connectivity index (χ4n) is 2.38. The molecule has 0 atom stereocenters. The molecule has 1 heterocycles. The second-order valence-electron chi connectivity index (χ2n) is 5.53. The number of hydrogen-bond acceptors (Lipinski definition) is 3. The largest absolute Gasteiger partial charge is 0.478 e. The van der Waals surface area contributed by atoms with Crippen molar-refractivity contribution in [3.05, 3.63) is 46.8 Å². The van der Waals surface area contributed by atoms with Gasteiger partial charge in [0.25, 0.3) is 0 Å². The van der Waals surface area contributed by atoms with Gasteiger partial charge < -0.3 is 10.4 Å². The molecule has 1 aromatic carbocycles. The molecule has 0 saturated heterocycles. The number of benzene rings is 1. The van der Waals surface area contributed by atoms with Crippen LogP contribution >= 0.6 is 0 Å². The van der Waals surface area contributed by atoms with Crippen molar-refractivity contribution in [1.82, 2.24) is 9.78 Å². The molecule has 0 aliphatic carbocycles. The normalized spacial score (nSPS) is 11.4. The summed E-state index contributed by atoms with van der Waals surface area (Å²) in [4.78, 5) is 22.9. The van der Waals surface area contributed by atoms with Crippen LogP contribution < -0.4 is 5.32 Å². The van der Waals surface area contributed by atoms with E-state index < -0.39 is 24.6 Å². The zero-order valence-corrected chi connectivity index (χ0v) is 13.5. The van der Waals surface area contributed by atoms with Gasteiger partial charge in [0.1, 0.15) is 6.54 Å². The third kappa shape index (κ3) is 4.82. The predicted molar refractivity (Wildman–Crippen MR) is 83.5 cm³/mol. The molecule has 6 nitrogen and oxygen atoms in total. The van der Waals surface area contributed by atoms with E-state index in [-0.39, 0.29) is 17.7 Å². The molecule has 0 bridgehead atoms. The maximum absolute atomic E-state index is 12.5. The summed E-state index contributed by atoms with van der Waals surface area (Å²) in [6, 6.07) is 5.56. The first kappa shape index (κ1) is 18.5. The summed E-state index contributed by atoms with van der Waals surface area (Å²) < 4.78 is 38.4. The molecular weight excluding hydrogens is 339 g/mol. The van der Waals surface area contributed by atoms with Gasteiger partial charge in [0, 0.05) is 16.9 Å². The van der Waals surface area contributed by atoms with Crippen LogP contribution in [0.2, 0.25) is 0 Å². The number of halogens is 3. The SMILES string of the molecule is Cc1nn(CC(F)(F)F)c(C)c1CC(=O)Nc1ccc(C(=O)O)cc1. The number of carbonyl (C=O) groups is 2. The monoisotopic (exact) mass is 355 g/mol. The number of aryl methyl sites for hydroxylation is 1. The van der Waals surface area contributed by atoms with Crippen molar-refractivity contribution < 1.29 is 27.9 Å². The van der Waals surface area contributed by atoms with Gasteiger partial charge in [-0.1, -0.05) is 0 Å². The Kier molecular flexibility index (Phi) is 5.15. The molecule has 2 N–H and O–H groups in total. The highest BCUT2D eigenvalue weighted by Gasteiger charge is 2.30. The van der Waals surface area contributed by atoms with E-state index in [1.165, 1.54) is 31.2 Å². The molecule has 0 aliphatic heterocycles. The molecule has 0 spiro atoms. The number of aromatic nitrogens is 2. The molecule has 0 unspecified atom stereocenters. The minimum Gasteiger partial charge on any atom is -0.478 e. The third-order valence-corrected chi connectivity index (χ3v) is 3.61. The van der Waals surface area contributed by atoms with Crippen molar-refractivity contribution in [1.29, 1.82) is 0 Å². The maximum atomic E-state index is 12.5. The van der Waals surface area contributed by atoms with Gasteiger partial charge in [-0.05, 0) is 38.1 Å². The molecule has 0 saturated carbocycles. The van der Waals surface area contributed by atoms with Gasteiger partial charge in [0.05, 0.1) is 17.7 Å². The van der Waals surface area contributed by atoms with E-state index in [9.17, 15) is 22.8 Å². The molecule has 0 fully saturated rings. The Bertz CT molecular complexity index is 795. The van der Waals surface area contributed by atoms with Gasteiger partial charge >= 0.3 is 12.1 Å². The van der Waals surface area contributed by atoms with Gasteiger partial charge in [-0.15, -0.1) is 0 Å². The number of anilines is 1. The summed E-state index contributed by atoms with van der Waals surface area (Å²) in [5.41, 5.74) is 1.55. The van der Waals surface area contributed by atoms with E-state index in [1.807, 2.05) is 0 Å². The van der Waals surface area contributed by atoms with Gasteiger partial charge in [-0.2, -0.15) is 18.3 Å². The van der Waals surface area contributed by atoms with Gasteiger partial charge in [-0.25, -0.2) is 4.79 Å². The lowest BCUT2D eigenvalue weighted by Gasteiger charge is -2.09. The van der Waals surface area contributed by atoms with Crippen LogP contribution in [0.5, 0.6) is 0 Å². The number of rotatable bonds is 5. The van der Waals surface area contributed by atoms with Crippen LogP contribution in [0, 0.1) is 13.8 Å². The Balaban J connectivity index is 2.09. The maximum Gasteiger partial charge on any atom is 0.408 e. The quantitative estimate of drug-likeness (QED) is 0.864. The van der Waals surface area contributed by atoms with Crippen molar-refractivity contribution >= 4 is 17.6 Å². The van der Waals surface area contributed by atoms with Crippen LogP contribution in [0.25, 0.3) is 0 Å². The van der Waals surface area contributed by atoms with Crippen LogP contribution in [0.1, 0.15) is 27.3 Å². The van der Waals surface area contributed by atoms with E-state index in [2.05, 4.69) is 10.4 Å². The fraction of sp³-hybridized carbons (Fsp3) is 0.312. The Hall–Kier alpha value is -2.84. The summed E-state index contributed by atoms with van der Waals surface area (Å²) >= 11 is 0. The summed E-state index contributed by atoms with van der Waals surface area (Å²) in [5.74, 6) is -1.51. The number of nitrogens with one attached hydrogen (secondary N) is 1. The average molecular weight is 355 g/mol. The van der Waals surface area contributed by atoms with Crippen LogP contribution in [0.4, 0.5) is 18.9 Å². The number of carbonyl (C=O) groups excluding carboxylic acids is 1. The summed E-state index contributed by atoms with van der Waals surface area (Å²) in [6.07, 6.45) is -4.52. The lowest BCUT2D eigenvalue weighted by Crippen LogP contribution is -2.20. The number of aromatic carboxylic acids is 1. The van der Waals surface area contributed by atoms with E-state index in [1.54, 1.807) is 6.92 Å². The highest BCUT2D eigenvalue weighted by Crippen LogP contribution is 2.21. The number of carboxylic acids is 1. The van der Waals surface area contributed by atoms with Crippen LogP contribution in [-0.4, -0.2) is 32.9 Å². The van der Waals surface area contributed by atoms with Crippen molar-refractivity contribution in [2.24, 2.45) is 0 Å². The first-order valence-electron chi connectivity index (χ1n) is 7.29. The number of hydrogen-bond donors (Lipinski definition) is 2. The minimum absolute atomic E-state index is 0.0816. The number of amides is 1. The van der Waals surface area contributed by atoms with Gasteiger partial charge in [0.15, 0.2) is 0 Å². The first-order valence-corrected chi connectivity index (χ1v) is 7.29. The molecular formula is C16H16F3N3O3. The molecule has 9 heteroatoms. The summed E-state index contributed by atoms with van der Waals surface area (Å²) in [6.45, 7) is 1.82. The molecule has 1 aromatic heterocycles. The molecule has 25 heavy (non-hydrogen) atoms. The van der Waals surface area contributed by atoms with Gasteiger partial charge in [0.2, 0.25) is 5.91 Å². The van der Waals surface area contributed by atoms with Crippen molar-refractivity contribution in [2.75, 3.05) is 5.32 Å². The molecule has 2 aromatic rings. The smallest absolute Gasteiger partial charge is 0.408 e. The summed E-state index contributed by atoms with van der Waals surface area (Å²) in [5, 5.41) is 15.2. The predicted octanol–water partition coefficient (Wildman–Crippen LogP) is 2.94. The van der Waals surface area contributed by atoms with E-state index in [0.29, 0.717) is 16.9 Å². The van der Waals surface area contributed by atoms with E-state index >= 15 is 0 Å². The van der Waals surface area contributed by atoms with E-state index in [0.717, 1.165) is 4.68 Å². The van der Waals surface area contributed by atoms with Gasteiger partial charge in [-0.3, -0.25) is 9.48 Å². The average Bonchev–Trinajstić information content (AvgIpc) is 2.73.